The highest BCUT2D eigenvalue weighted by Crippen LogP contribution is 2.34. The van der Waals surface area contributed by atoms with Crippen LogP contribution in [0.15, 0.2) is 42.6 Å². The lowest BCUT2D eigenvalue weighted by atomic mass is 9.96. The summed E-state index contributed by atoms with van der Waals surface area (Å²) in [5.74, 6) is -0.0311. The SMILES string of the molecule is C=C(/C=C(/c1cc2n(n1)CCCCC2Nc1ccc(F)cn1)C(C)C)C(F)(F)F.CC.[B]I. The highest BCUT2D eigenvalue weighted by Gasteiger charge is 2.31. The van der Waals surface area contributed by atoms with Gasteiger partial charge in [0, 0.05) is 12.1 Å². The maximum atomic E-state index is 13.1. The van der Waals surface area contributed by atoms with Gasteiger partial charge >= 0.3 is 6.18 Å². The second kappa shape index (κ2) is 13.8. The Hall–Kier alpha value is -1.85. The van der Waals surface area contributed by atoms with Crippen molar-refractivity contribution in [1.82, 2.24) is 14.8 Å². The molecule has 3 rings (SSSR count). The number of rotatable bonds is 5. The number of aryl methyl sites for hydroxylation is 1. The van der Waals surface area contributed by atoms with Crippen molar-refractivity contribution < 1.29 is 17.6 Å². The molecule has 0 bridgehead atoms. The van der Waals surface area contributed by atoms with Crippen LogP contribution in [0.1, 0.15) is 64.4 Å². The van der Waals surface area contributed by atoms with Gasteiger partial charge in [-0.05, 0) is 55.0 Å². The number of anilines is 1. The van der Waals surface area contributed by atoms with Crippen LogP contribution in [0.25, 0.3) is 5.57 Å². The number of nitrogens with zero attached hydrogens (tertiary/aromatic N) is 3. The van der Waals surface area contributed by atoms with E-state index in [1.807, 2.05) is 38.4 Å². The first-order valence-corrected chi connectivity index (χ1v) is 12.1. The standard InChI is InChI=1S/C21H24F4N4.C2H6.BI/c1-13(2)16(10-14(3)21(23,24)25)18-11-19-17(6-4-5-9-29(19)28-18)27-20-8-7-15(22)12-26-20;2*1-2/h7-8,10-13,17H,3-6,9H2,1-2H3,(H,26,27);1-2H3;/b16-10+;;. The molecule has 1 atom stereocenters. The van der Waals surface area contributed by atoms with Crippen molar-refractivity contribution in [3.8, 4) is 0 Å². The molecule has 4 nitrogen and oxygen atoms in total. The smallest absolute Gasteiger partial charge is 0.362 e. The number of pyridine rings is 1. The molecule has 0 amide bonds. The highest BCUT2D eigenvalue weighted by atomic mass is 127. The van der Waals surface area contributed by atoms with E-state index in [0.717, 1.165) is 37.2 Å². The molecule has 0 fully saturated rings. The number of hydrogen-bond acceptors (Lipinski definition) is 3. The Labute approximate surface area is 208 Å². The van der Waals surface area contributed by atoms with E-state index in [1.54, 1.807) is 28.4 Å². The number of aromatic nitrogens is 3. The molecule has 2 aromatic heterocycles. The van der Waals surface area contributed by atoms with E-state index >= 15 is 0 Å². The van der Waals surface area contributed by atoms with Crippen LogP contribution in [0, 0.1) is 11.7 Å². The quantitative estimate of drug-likeness (QED) is 0.174. The molecule has 33 heavy (non-hydrogen) atoms. The van der Waals surface area contributed by atoms with E-state index in [0.29, 0.717) is 23.6 Å². The molecular weight excluding hydrogens is 546 g/mol. The van der Waals surface area contributed by atoms with Gasteiger partial charge in [-0.1, -0.05) is 34.3 Å². The molecule has 2 radical (unpaired) electrons. The Bertz CT molecular complexity index is 908. The van der Waals surface area contributed by atoms with E-state index in [2.05, 4.69) is 27.7 Å². The summed E-state index contributed by atoms with van der Waals surface area (Å²) in [5, 5.41) is 7.89. The molecule has 10 heteroatoms. The normalized spacial score (nSPS) is 15.9. The molecule has 3 heterocycles. The molecule has 0 spiro atoms. The topological polar surface area (TPSA) is 42.7 Å². The van der Waals surface area contributed by atoms with E-state index in [1.165, 1.54) is 6.07 Å². The predicted octanol–water partition coefficient (Wildman–Crippen LogP) is 7.44. The fourth-order valence-electron chi connectivity index (χ4n) is 3.38. The zero-order valence-electron chi connectivity index (χ0n) is 19.4. The molecule has 180 valence electrons. The number of alkyl halides is 3. The summed E-state index contributed by atoms with van der Waals surface area (Å²) < 4.78 is 53.9. The Morgan fingerprint density at radius 1 is 1.27 bits per heavy atom. The summed E-state index contributed by atoms with van der Waals surface area (Å²) in [6, 6.07) is 4.62. The number of fused-ring (bicyclic) bond motifs is 1. The minimum Gasteiger partial charge on any atom is -0.362 e. The molecule has 1 aliphatic heterocycles. The molecule has 0 saturated carbocycles. The van der Waals surface area contributed by atoms with Crippen LogP contribution in [0.3, 0.4) is 0 Å². The van der Waals surface area contributed by atoms with Gasteiger partial charge in [0.05, 0.1) is 23.6 Å². The maximum Gasteiger partial charge on any atom is 0.415 e. The average molecular weight is 576 g/mol. The van der Waals surface area contributed by atoms with E-state index in [9.17, 15) is 17.6 Å². The van der Waals surface area contributed by atoms with E-state index in [-0.39, 0.29) is 12.0 Å². The zero-order valence-corrected chi connectivity index (χ0v) is 21.5. The van der Waals surface area contributed by atoms with Gasteiger partial charge in [0.1, 0.15) is 11.6 Å². The fourth-order valence-corrected chi connectivity index (χ4v) is 3.38. The van der Waals surface area contributed by atoms with Gasteiger partial charge in [0.2, 0.25) is 0 Å². The Kier molecular flexibility index (Phi) is 12.2. The van der Waals surface area contributed by atoms with Gasteiger partial charge < -0.3 is 5.32 Å². The lowest BCUT2D eigenvalue weighted by molar-refractivity contribution is -0.0877. The van der Waals surface area contributed by atoms with Crippen molar-refractivity contribution in [2.45, 2.75) is 65.7 Å². The average Bonchev–Trinajstić information content (AvgIpc) is 3.12. The summed E-state index contributed by atoms with van der Waals surface area (Å²) in [7, 11) is 0. The summed E-state index contributed by atoms with van der Waals surface area (Å²) in [6.07, 6.45) is 0.449. The van der Waals surface area contributed by atoms with E-state index in [4.69, 9.17) is 0 Å². The molecule has 0 aromatic carbocycles. The molecule has 1 aliphatic rings. The Balaban J connectivity index is 0.00000129. The molecule has 0 aliphatic carbocycles. The first-order valence-electron chi connectivity index (χ1n) is 10.8. The van der Waals surface area contributed by atoms with Crippen molar-refractivity contribution in [3.05, 3.63) is 59.8 Å². The van der Waals surface area contributed by atoms with Gasteiger partial charge in [-0.25, -0.2) is 9.37 Å². The number of allylic oxidation sites excluding steroid dienone is 3. The number of hydrogen-bond donors (Lipinski definition) is 1. The molecule has 0 saturated heterocycles. The first kappa shape index (κ1) is 29.2. The van der Waals surface area contributed by atoms with Gasteiger partial charge in [-0.2, -0.15) is 40.6 Å². The van der Waals surface area contributed by atoms with Crippen LogP contribution >= 0.6 is 22.4 Å². The molecule has 1 unspecified atom stereocenters. The number of nitrogens with one attached hydrogen (secondary N) is 1. The summed E-state index contributed by atoms with van der Waals surface area (Å²) >= 11 is 1.65. The van der Waals surface area contributed by atoms with Crippen LogP contribution in [0.4, 0.5) is 23.4 Å². The molecular formula is C23H30BF4IN4. The van der Waals surface area contributed by atoms with E-state index < -0.39 is 17.6 Å². The van der Waals surface area contributed by atoms with Crippen molar-refractivity contribution in [2.75, 3.05) is 5.32 Å². The van der Waals surface area contributed by atoms with Crippen LogP contribution in [-0.4, -0.2) is 26.6 Å². The van der Waals surface area contributed by atoms with Crippen molar-refractivity contribution in [3.63, 3.8) is 0 Å². The molecule has 1 N–H and O–H groups in total. The fraction of sp³-hybridized carbons (Fsp3) is 0.478. The minimum atomic E-state index is -4.48. The third-order valence-electron chi connectivity index (χ3n) is 4.94. The third kappa shape index (κ3) is 8.46. The van der Waals surface area contributed by atoms with Gasteiger partial charge in [0.25, 0.3) is 0 Å². The molecule has 2 aromatic rings. The largest absolute Gasteiger partial charge is 0.415 e. The van der Waals surface area contributed by atoms with Gasteiger partial charge in [0.15, 0.2) is 5.70 Å². The maximum absolute atomic E-state index is 13.1. The number of halogens is 5. The summed E-state index contributed by atoms with van der Waals surface area (Å²) in [6.45, 7) is 11.5. The lowest BCUT2D eigenvalue weighted by Gasteiger charge is -2.17. The van der Waals surface area contributed by atoms with Gasteiger partial charge in [-0.3, -0.25) is 4.68 Å². The second-order valence-electron chi connectivity index (χ2n) is 7.51. The van der Waals surface area contributed by atoms with Crippen LogP contribution in [0.2, 0.25) is 0 Å². The second-order valence-corrected chi connectivity index (χ2v) is 7.51. The van der Waals surface area contributed by atoms with Crippen LogP contribution in [-0.2, 0) is 6.54 Å². The van der Waals surface area contributed by atoms with Crippen molar-refractivity contribution in [1.29, 1.82) is 0 Å². The minimum absolute atomic E-state index is 0.115. The first-order chi connectivity index (χ1) is 15.6. The highest BCUT2D eigenvalue weighted by molar-refractivity contribution is 14.1. The van der Waals surface area contributed by atoms with Crippen LogP contribution in [0.5, 0.6) is 0 Å². The van der Waals surface area contributed by atoms with Gasteiger partial charge in [-0.15, -0.1) is 0 Å². The Morgan fingerprint density at radius 2 is 1.94 bits per heavy atom. The third-order valence-corrected chi connectivity index (χ3v) is 4.94. The van der Waals surface area contributed by atoms with Crippen molar-refractivity contribution in [2.24, 2.45) is 5.92 Å². The van der Waals surface area contributed by atoms with Crippen molar-refractivity contribution >= 4 is 39.5 Å². The van der Waals surface area contributed by atoms with Crippen LogP contribution < -0.4 is 5.32 Å². The predicted molar refractivity (Wildman–Crippen MR) is 136 cm³/mol. The summed E-state index contributed by atoms with van der Waals surface area (Å²) in [4.78, 5) is 4.05. The zero-order chi connectivity index (χ0) is 25.2. The lowest BCUT2D eigenvalue weighted by Crippen LogP contribution is -2.14. The Morgan fingerprint density at radius 3 is 2.48 bits per heavy atom. The monoisotopic (exact) mass is 576 g/mol. The summed E-state index contributed by atoms with van der Waals surface area (Å²) in [5.41, 5.74) is 5.47.